The maximum absolute atomic E-state index is 13.7. The van der Waals surface area contributed by atoms with Crippen molar-refractivity contribution in [2.45, 2.75) is 18.9 Å². The maximum Gasteiger partial charge on any atom is 0.145 e. The third-order valence-corrected chi connectivity index (χ3v) is 6.78. The van der Waals surface area contributed by atoms with E-state index in [0.29, 0.717) is 35.1 Å². The first kappa shape index (κ1) is 27.3. The second kappa shape index (κ2) is 12.7. The van der Waals surface area contributed by atoms with Gasteiger partial charge in [0.2, 0.25) is 0 Å². The quantitative estimate of drug-likeness (QED) is 0.388. The predicted octanol–water partition coefficient (Wildman–Crippen LogP) is 4.51. The lowest BCUT2D eigenvalue weighted by atomic mass is 10.1. The SMILES string of the molecule is CN(C)CCN(C)CCOc1cc(OC2CCN(C)CC2)c2c(Nc3ccc(F)c(Cl)c3)ncnc2c1. The summed E-state index contributed by atoms with van der Waals surface area (Å²) in [6.45, 7) is 5.27. The molecule has 2 heterocycles. The minimum absolute atomic E-state index is 0.0393. The van der Waals surface area contributed by atoms with Crippen molar-refractivity contribution < 1.29 is 13.9 Å². The summed E-state index contributed by atoms with van der Waals surface area (Å²) in [6, 6.07) is 8.31. The standard InChI is InChI=1S/C27H36ClFN6O2/c1-33(2)11-12-35(4)13-14-36-21-16-24-26(25(17-21)37-20-7-9-34(3)10-8-20)27(31-18-30-24)32-19-5-6-23(29)22(28)15-19/h5-6,15-18,20H,7-14H2,1-4H3,(H,30,31,32). The smallest absolute Gasteiger partial charge is 0.145 e. The summed E-state index contributed by atoms with van der Waals surface area (Å²) >= 11 is 6.00. The Balaban J connectivity index is 1.59. The highest BCUT2D eigenvalue weighted by Gasteiger charge is 2.21. The number of aromatic nitrogens is 2. The van der Waals surface area contributed by atoms with Crippen molar-refractivity contribution in [3.8, 4) is 11.5 Å². The van der Waals surface area contributed by atoms with Crippen LogP contribution in [0.15, 0.2) is 36.7 Å². The van der Waals surface area contributed by atoms with Crippen LogP contribution in [0.5, 0.6) is 11.5 Å². The molecule has 0 aliphatic carbocycles. The highest BCUT2D eigenvalue weighted by Crippen LogP contribution is 2.37. The zero-order valence-corrected chi connectivity index (χ0v) is 22.8. The van der Waals surface area contributed by atoms with Crippen LogP contribution < -0.4 is 14.8 Å². The number of likely N-dealkylation sites (N-methyl/N-ethyl adjacent to an activating group) is 2. The van der Waals surface area contributed by atoms with Gasteiger partial charge in [0.15, 0.2) is 0 Å². The van der Waals surface area contributed by atoms with Crippen LogP contribution in [0.2, 0.25) is 5.02 Å². The molecule has 0 radical (unpaired) electrons. The molecule has 0 saturated carbocycles. The van der Waals surface area contributed by atoms with E-state index >= 15 is 0 Å². The molecule has 3 aromatic rings. The number of hydrogen-bond donors (Lipinski definition) is 1. The lowest BCUT2D eigenvalue weighted by Gasteiger charge is -2.30. The molecule has 10 heteroatoms. The molecule has 0 spiro atoms. The van der Waals surface area contributed by atoms with E-state index in [9.17, 15) is 4.39 Å². The molecule has 1 fully saturated rings. The molecule has 0 bridgehead atoms. The summed E-state index contributed by atoms with van der Waals surface area (Å²) < 4.78 is 26.4. The number of benzene rings is 2. The van der Waals surface area contributed by atoms with Gasteiger partial charge in [-0.2, -0.15) is 0 Å². The number of nitrogens with one attached hydrogen (secondary N) is 1. The monoisotopic (exact) mass is 530 g/mol. The zero-order valence-electron chi connectivity index (χ0n) is 22.0. The molecular weight excluding hydrogens is 495 g/mol. The second-order valence-electron chi connectivity index (χ2n) is 9.87. The van der Waals surface area contributed by atoms with E-state index in [1.54, 1.807) is 6.07 Å². The van der Waals surface area contributed by atoms with Crippen LogP contribution >= 0.6 is 11.6 Å². The first-order valence-corrected chi connectivity index (χ1v) is 13.0. The first-order valence-electron chi connectivity index (χ1n) is 12.6. The molecule has 1 aliphatic rings. The molecule has 37 heavy (non-hydrogen) atoms. The van der Waals surface area contributed by atoms with Crippen molar-refractivity contribution in [1.82, 2.24) is 24.7 Å². The van der Waals surface area contributed by atoms with Gasteiger partial charge >= 0.3 is 0 Å². The Morgan fingerprint density at radius 2 is 1.86 bits per heavy atom. The first-order chi connectivity index (χ1) is 17.8. The Hall–Kier alpha value is -2.72. The second-order valence-corrected chi connectivity index (χ2v) is 10.3. The number of fused-ring (bicyclic) bond motifs is 1. The molecule has 1 aliphatic heterocycles. The Morgan fingerprint density at radius 1 is 1.08 bits per heavy atom. The van der Waals surface area contributed by atoms with Gasteiger partial charge in [-0.05, 0) is 59.2 Å². The van der Waals surface area contributed by atoms with Crippen molar-refractivity contribution in [3.05, 3.63) is 47.5 Å². The third-order valence-electron chi connectivity index (χ3n) is 6.49. The molecule has 0 amide bonds. The topological polar surface area (TPSA) is 66.0 Å². The van der Waals surface area contributed by atoms with E-state index in [-0.39, 0.29) is 11.1 Å². The van der Waals surface area contributed by atoms with Crippen LogP contribution in [0, 0.1) is 5.82 Å². The summed E-state index contributed by atoms with van der Waals surface area (Å²) in [5.41, 5.74) is 1.32. The number of anilines is 2. The van der Waals surface area contributed by atoms with Crippen LogP contribution in [0.4, 0.5) is 15.9 Å². The van der Waals surface area contributed by atoms with Crippen molar-refractivity contribution >= 4 is 34.0 Å². The van der Waals surface area contributed by atoms with Gasteiger partial charge in [-0.3, -0.25) is 0 Å². The molecule has 200 valence electrons. The normalized spacial score (nSPS) is 15.0. The fourth-order valence-electron chi connectivity index (χ4n) is 4.20. The summed E-state index contributed by atoms with van der Waals surface area (Å²) in [7, 11) is 8.36. The Morgan fingerprint density at radius 3 is 2.59 bits per heavy atom. The van der Waals surface area contributed by atoms with Crippen LogP contribution in [0.1, 0.15) is 12.8 Å². The number of rotatable bonds is 11. The number of likely N-dealkylation sites (tertiary alicyclic amines) is 1. The van der Waals surface area contributed by atoms with E-state index in [1.165, 1.54) is 18.5 Å². The van der Waals surface area contributed by atoms with Crippen molar-refractivity contribution in [3.63, 3.8) is 0 Å². The van der Waals surface area contributed by atoms with E-state index in [1.807, 2.05) is 12.1 Å². The largest absolute Gasteiger partial charge is 0.492 e. The van der Waals surface area contributed by atoms with Gasteiger partial charge in [-0.1, -0.05) is 11.6 Å². The minimum Gasteiger partial charge on any atom is -0.492 e. The summed E-state index contributed by atoms with van der Waals surface area (Å²) in [5.74, 6) is 1.45. The van der Waals surface area contributed by atoms with Gasteiger partial charge in [0.05, 0.1) is 15.9 Å². The lowest BCUT2D eigenvalue weighted by Crippen LogP contribution is -2.35. The molecule has 0 atom stereocenters. The molecule has 1 saturated heterocycles. The maximum atomic E-state index is 13.7. The predicted molar refractivity (Wildman–Crippen MR) is 147 cm³/mol. The van der Waals surface area contributed by atoms with Crippen LogP contribution in [-0.4, -0.2) is 98.3 Å². The fourth-order valence-corrected chi connectivity index (χ4v) is 4.38. The minimum atomic E-state index is -0.472. The Labute approximate surface area is 223 Å². The van der Waals surface area contributed by atoms with Crippen LogP contribution in [0.3, 0.4) is 0 Å². The zero-order chi connectivity index (χ0) is 26.4. The lowest BCUT2D eigenvalue weighted by molar-refractivity contribution is 0.115. The van der Waals surface area contributed by atoms with Crippen molar-refractivity contribution in [1.29, 1.82) is 0 Å². The number of nitrogens with zero attached hydrogens (tertiary/aromatic N) is 5. The third kappa shape index (κ3) is 7.64. The Bertz CT molecular complexity index is 1190. The van der Waals surface area contributed by atoms with Gasteiger partial charge < -0.3 is 29.5 Å². The van der Waals surface area contributed by atoms with Gasteiger partial charge in [-0.15, -0.1) is 0 Å². The molecule has 0 unspecified atom stereocenters. The van der Waals surface area contributed by atoms with E-state index in [0.717, 1.165) is 51.0 Å². The summed E-state index contributed by atoms with van der Waals surface area (Å²) in [6.07, 6.45) is 3.45. The summed E-state index contributed by atoms with van der Waals surface area (Å²) in [4.78, 5) is 15.7. The van der Waals surface area contributed by atoms with E-state index < -0.39 is 5.82 Å². The van der Waals surface area contributed by atoms with Gasteiger partial charge in [0.25, 0.3) is 0 Å². The van der Waals surface area contributed by atoms with Gasteiger partial charge in [-0.25, -0.2) is 14.4 Å². The van der Waals surface area contributed by atoms with Gasteiger partial charge in [0, 0.05) is 50.5 Å². The van der Waals surface area contributed by atoms with E-state index in [2.05, 4.69) is 58.2 Å². The number of halogens is 2. The Kier molecular flexibility index (Phi) is 9.37. The molecule has 1 N–H and O–H groups in total. The highest BCUT2D eigenvalue weighted by molar-refractivity contribution is 6.31. The highest BCUT2D eigenvalue weighted by atomic mass is 35.5. The van der Waals surface area contributed by atoms with Gasteiger partial charge in [0.1, 0.15) is 42.2 Å². The molecule has 1 aromatic heterocycles. The van der Waals surface area contributed by atoms with E-state index in [4.69, 9.17) is 21.1 Å². The average Bonchev–Trinajstić information content (AvgIpc) is 2.86. The molecule has 2 aromatic carbocycles. The van der Waals surface area contributed by atoms with Crippen molar-refractivity contribution in [2.24, 2.45) is 0 Å². The van der Waals surface area contributed by atoms with Crippen molar-refractivity contribution in [2.75, 3.05) is 72.8 Å². The summed E-state index contributed by atoms with van der Waals surface area (Å²) in [5, 5.41) is 4.05. The number of piperidine rings is 1. The molecular formula is C27H36ClFN6O2. The average molecular weight is 531 g/mol. The fraction of sp³-hybridized carbons (Fsp3) is 0.481. The number of hydrogen-bond acceptors (Lipinski definition) is 8. The van der Waals surface area contributed by atoms with Crippen LogP contribution in [-0.2, 0) is 0 Å². The number of ether oxygens (including phenoxy) is 2. The molecule has 4 rings (SSSR count). The van der Waals surface area contributed by atoms with Crippen LogP contribution in [0.25, 0.3) is 10.9 Å². The molecule has 8 nitrogen and oxygen atoms in total.